The SMILES string of the molecule is CCOC(=O)N1CC[NH+]([C@H](CNS(=O)(=O)c2ccccc2)c2ccccc2)CC1. The first-order valence-corrected chi connectivity index (χ1v) is 11.4. The Morgan fingerprint density at radius 2 is 1.66 bits per heavy atom. The van der Waals surface area contributed by atoms with Gasteiger partial charge in [0.05, 0.1) is 44.2 Å². The Hall–Kier alpha value is -2.42. The number of sulfonamides is 1. The zero-order chi connectivity index (χ0) is 20.7. The second kappa shape index (κ2) is 9.87. The van der Waals surface area contributed by atoms with E-state index in [9.17, 15) is 13.2 Å². The van der Waals surface area contributed by atoms with Crippen LogP contribution in [0.15, 0.2) is 65.6 Å². The van der Waals surface area contributed by atoms with Crippen LogP contribution in [0.3, 0.4) is 0 Å². The van der Waals surface area contributed by atoms with Gasteiger partial charge in [-0.1, -0.05) is 48.5 Å². The first-order valence-electron chi connectivity index (χ1n) is 9.87. The number of carbonyl (C=O) groups is 1. The molecular formula is C21H28N3O4S+. The number of quaternary nitrogens is 1. The van der Waals surface area contributed by atoms with Gasteiger partial charge in [0.1, 0.15) is 6.04 Å². The molecule has 3 rings (SSSR count). The first kappa shape index (κ1) is 21.3. The maximum absolute atomic E-state index is 12.7. The van der Waals surface area contributed by atoms with Crippen LogP contribution in [0.2, 0.25) is 0 Å². The summed E-state index contributed by atoms with van der Waals surface area (Å²) in [5.74, 6) is 0. The highest BCUT2D eigenvalue weighted by Crippen LogP contribution is 2.12. The van der Waals surface area contributed by atoms with Crippen molar-refractivity contribution >= 4 is 16.1 Å². The minimum atomic E-state index is -3.58. The number of piperazine rings is 1. The summed E-state index contributed by atoms with van der Waals surface area (Å²) < 4.78 is 33.2. The van der Waals surface area contributed by atoms with Crippen molar-refractivity contribution in [2.24, 2.45) is 0 Å². The molecule has 1 aliphatic heterocycles. The number of rotatable bonds is 7. The second-order valence-corrected chi connectivity index (χ2v) is 8.74. The first-order chi connectivity index (χ1) is 14.0. The predicted molar refractivity (Wildman–Crippen MR) is 110 cm³/mol. The molecule has 1 fully saturated rings. The lowest BCUT2D eigenvalue weighted by Gasteiger charge is -2.36. The molecule has 0 spiro atoms. The minimum absolute atomic E-state index is 0.0426. The van der Waals surface area contributed by atoms with E-state index in [4.69, 9.17) is 4.74 Å². The van der Waals surface area contributed by atoms with E-state index >= 15 is 0 Å². The number of nitrogens with zero attached hydrogens (tertiary/aromatic N) is 1. The molecule has 0 saturated carbocycles. The van der Waals surface area contributed by atoms with E-state index in [0.29, 0.717) is 19.7 Å². The molecule has 2 N–H and O–H groups in total. The molecule has 156 valence electrons. The summed E-state index contributed by atoms with van der Waals surface area (Å²) >= 11 is 0. The quantitative estimate of drug-likeness (QED) is 0.705. The number of carbonyl (C=O) groups excluding carboxylic acids is 1. The monoisotopic (exact) mass is 418 g/mol. The van der Waals surface area contributed by atoms with E-state index in [1.165, 1.54) is 4.90 Å². The van der Waals surface area contributed by atoms with Crippen molar-refractivity contribution in [1.29, 1.82) is 0 Å². The largest absolute Gasteiger partial charge is 0.450 e. The van der Waals surface area contributed by atoms with Crippen molar-refractivity contribution in [1.82, 2.24) is 9.62 Å². The van der Waals surface area contributed by atoms with E-state index in [1.54, 1.807) is 42.2 Å². The molecule has 0 aliphatic carbocycles. The van der Waals surface area contributed by atoms with Gasteiger partial charge >= 0.3 is 6.09 Å². The van der Waals surface area contributed by atoms with Crippen LogP contribution in [0.25, 0.3) is 0 Å². The summed E-state index contributed by atoms with van der Waals surface area (Å²) in [6.45, 7) is 5.07. The zero-order valence-corrected chi connectivity index (χ0v) is 17.4. The van der Waals surface area contributed by atoms with Gasteiger partial charge in [-0.05, 0) is 19.1 Å². The number of nitrogens with one attached hydrogen (secondary N) is 2. The molecule has 1 amide bonds. The number of hydrogen-bond donors (Lipinski definition) is 2. The maximum Gasteiger partial charge on any atom is 0.410 e. The van der Waals surface area contributed by atoms with E-state index in [0.717, 1.165) is 18.7 Å². The number of ether oxygens (including phenoxy) is 1. The number of benzene rings is 2. The third kappa shape index (κ3) is 5.56. The van der Waals surface area contributed by atoms with E-state index < -0.39 is 10.0 Å². The third-order valence-electron chi connectivity index (χ3n) is 5.16. The Morgan fingerprint density at radius 1 is 1.07 bits per heavy atom. The van der Waals surface area contributed by atoms with Crippen LogP contribution in [0.1, 0.15) is 18.5 Å². The molecule has 0 bridgehead atoms. The molecule has 29 heavy (non-hydrogen) atoms. The highest BCUT2D eigenvalue weighted by Gasteiger charge is 2.31. The molecule has 7 nitrogen and oxygen atoms in total. The molecule has 2 aromatic rings. The molecule has 0 unspecified atom stereocenters. The summed E-state index contributed by atoms with van der Waals surface area (Å²) in [5, 5.41) is 0. The van der Waals surface area contributed by atoms with Gasteiger partial charge in [0.2, 0.25) is 10.0 Å². The van der Waals surface area contributed by atoms with Gasteiger partial charge in [-0.2, -0.15) is 0 Å². The van der Waals surface area contributed by atoms with E-state index in [1.807, 2.05) is 30.3 Å². The maximum atomic E-state index is 12.7. The van der Waals surface area contributed by atoms with Gasteiger partial charge in [-0.3, -0.25) is 4.90 Å². The number of amides is 1. The third-order valence-corrected chi connectivity index (χ3v) is 6.60. The van der Waals surface area contributed by atoms with Crippen LogP contribution in [-0.4, -0.2) is 58.7 Å². The molecule has 0 radical (unpaired) electrons. The van der Waals surface area contributed by atoms with Crippen molar-refractivity contribution in [3.63, 3.8) is 0 Å². The molecule has 0 aromatic heterocycles. The summed E-state index contributed by atoms with van der Waals surface area (Å²) in [4.78, 5) is 15.2. The van der Waals surface area contributed by atoms with Crippen molar-refractivity contribution in [2.45, 2.75) is 17.9 Å². The van der Waals surface area contributed by atoms with Crippen molar-refractivity contribution < 1.29 is 22.8 Å². The molecular weight excluding hydrogens is 390 g/mol. The summed E-state index contributed by atoms with van der Waals surface area (Å²) in [7, 11) is -3.58. The Morgan fingerprint density at radius 3 is 2.24 bits per heavy atom. The lowest BCUT2D eigenvalue weighted by atomic mass is 10.0. The van der Waals surface area contributed by atoms with Crippen LogP contribution >= 0.6 is 0 Å². The zero-order valence-electron chi connectivity index (χ0n) is 16.6. The second-order valence-electron chi connectivity index (χ2n) is 6.97. The van der Waals surface area contributed by atoms with Crippen LogP contribution in [0.4, 0.5) is 4.79 Å². The van der Waals surface area contributed by atoms with Gasteiger partial charge in [0, 0.05) is 5.56 Å². The standard InChI is InChI=1S/C21H27N3O4S/c1-2-28-21(25)24-15-13-23(14-16-24)20(18-9-5-3-6-10-18)17-22-29(26,27)19-11-7-4-8-12-19/h3-12,20,22H,2,13-17H2,1H3/p+1/t20-/m1/s1. The molecule has 1 heterocycles. The van der Waals surface area contributed by atoms with Gasteiger partial charge in [-0.15, -0.1) is 0 Å². The highest BCUT2D eigenvalue weighted by atomic mass is 32.2. The average Bonchev–Trinajstić information content (AvgIpc) is 2.76. The van der Waals surface area contributed by atoms with Crippen LogP contribution in [0, 0.1) is 0 Å². The lowest BCUT2D eigenvalue weighted by Crippen LogP contribution is -3.15. The van der Waals surface area contributed by atoms with Crippen LogP contribution < -0.4 is 9.62 Å². The fraction of sp³-hybridized carbons (Fsp3) is 0.381. The fourth-order valence-electron chi connectivity index (χ4n) is 3.60. The van der Waals surface area contributed by atoms with Crippen molar-refractivity contribution in [3.8, 4) is 0 Å². The molecule has 2 aromatic carbocycles. The van der Waals surface area contributed by atoms with Gasteiger partial charge < -0.3 is 9.64 Å². The number of hydrogen-bond acceptors (Lipinski definition) is 4. The highest BCUT2D eigenvalue weighted by molar-refractivity contribution is 7.89. The van der Waals surface area contributed by atoms with E-state index in [2.05, 4.69) is 4.72 Å². The van der Waals surface area contributed by atoms with Crippen LogP contribution in [-0.2, 0) is 14.8 Å². The lowest BCUT2D eigenvalue weighted by molar-refractivity contribution is -0.934. The van der Waals surface area contributed by atoms with Gasteiger partial charge in [-0.25, -0.2) is 17.9 Å². The Balaban J connectivity index is 1.71. The minimum Gasteiger partial charge on any atom is -0.450 e. The normalized spacial score (nSPS) is 16.4. The Kier molecular flexibility index (Phi) is 7.24. The van der Waals surface area contributed by atoms with E-state index in [-0.39, 0.29) is 23.6 Å². The average molecular weight is 419 g/mol. The summed E-state index contributed by atoms with van der Waals surface area (Å²) in [5.41, 5.74) is 1.07. The van der Waals surface area contributed by atoms with Crippen molar-refractivity contribution in [2.75, 3.05) is 39.3 Å². The fourth-order valence-corrected chi connectivity index (χ4v) is 4.67. The van der Waals surface area contributed by atoms with Gasteiger partial charge in [0.15, 0.2) is 0 Å². The molecule has 1 atom stereocenters. The van der Waals surface area contributed by atoms with Crippen molar-refractivity contribution in [3.05, 3.63) is 66.2 Å². The smallest absolute Gasteiger partial charge is 0.410 e. The molecule has 8 heteroatoms. The Bertz CT molecular complexity index is 883. The molecule has 1 aliphatic rings. The topological polar surface area (TPSA) is 80.2 Å². The van der Waals surface area contributed by atoms with Crippen LogP contribution in [0.5, 0.6) is 0 Å². The predicted octanol–water partition coefficient (Wildman–Crippen LogP) is 1.06. The Labute approximate surface area is 172 Å². The van der Waals surface area contributed by atoms with Gasteiger partial charge in [0.25, 0.3) is 0 Å². The molecule has 1 saturated heterocycles. The summed E-state index contributed by atoms with van der Waals surface area (Å²) in [6.07, 6.45) is -0.285. The summed E-state index contributed by atoms with van der Waals surface area (Å²) in [6, 6.07) is 18.3.